The number of aliphatic hydroxyl groups is 5. The van der Waals surface area contributed by atoms with Gasteiger partial charge in [0.05, 0.1) is 6.61 Å². The van der Waals surface area contributed by atoms with Crippen LogP contribution in [-0.2, 0) is 32.7 Å². The van der Waals surface area contributed by atoms with Crippen LogP contribution >= 0.6 is 7.82 Å². The Morgan fingerprint density at radius 2 is 0.864 bits per heavy atom. The van der Waals surface area contributed by atoms with Gasteiger partial charge in [0.2, 0.25) is 0 Å². The predicted octanol–water partition coefficient (Wildman–Crippen LogP) is 11.1. The molecule has 6 unspecified atom stereocenters. The van der Waals surface area contributed by atoms with Gasteiger partial charge in [0.1, 0.15) is 43.2 Å². The van der Waals surface area contributed by atoms with Crippen molar-refractivity contribution in [3.8, 4) is 0 Å². The van der Waals surface area contributed by atoms with E-state index >= 15 is 0 Å². The van der Waals surface area contributed by atoms with Crippen LogP contribution in [0.25, 0.3) is 0 Å². The van der Waals surface area contributed by atoms with Crippen molar-refractivity contribution in [1.29, 1.82) is 0 Å². The number of esters is 2. The summed E-state index contributed by atoms with van der Waals surface area (Å²) >= 11 is 0. The molecular formula is C52H93O13P. The van der Waals surface area contributed by atoms with Gasteiger partial charge in [-0.3, -0.25) is 18.6 Å². The van der Waals surface area contributed by atoms with Crippen molar-refractivity contribution in [3.05, 3.63) is 48.6 Å². The number of ether oxygens (including phenoxy) is 2. The third-order valence-corrected chi connectivity index (χ3v) is 12.9. The second kappa shape index (κ2) is 41.8. The molecule has 0 spiro atoms. The maximum absolute atomic E-state index is 12.8. The number of hydrogen-bond donors (Lipinski definition) is 6. The van der Waals surface area contributed by atoms with Crippen molar-refractivity contribution in [1.82, 2.24) is 0 Å². The topological polar surface area (TPSA) is 210 Å². The van der Waals surface area contributed by atoms with E-state index in [0.29, 0.717) is 12.8 Å². The number of rotatable bonds is 43. The summed E-state index contributed by atoms with van der Waals surface area (Å²) in [5.74, 6) is -1.14. The lowest BCUT2D eigenvalue weighted by atomic mass is 9.85. The molecular weight excluding hydrogens is 864 g/mol. The summed E-state index contributed by atoms with van der Waals surface area (Å²) < 4.78 is 33.6. The Balaban J connectivity index is 2.38. The minimum Gasteiger partial charge on any atom is -0.462 e. The number of phosphoric acid groups is 1. The van der Waals surface area contributed by atoms with Crippen molar-refractivity contribution in [2.45, 2.75) is 256 Å². The second-order valence-corrected chi connectivity index (χ2v) is 19.4. The largest absolute Gasteiger partial charge is 0.472 e. The highest BCUT2D eigenvalue weighted by atomic mass is 31.2. The Kier molecular flexibility index (Phi) is 39.1. The number of hydrogen-bond acceptors (Lipinski definition) is 12. The van der Waals surface area contributed by atoms with Crippen LogP contribution in [0.15, 0.2) is 48.6 Å². The summed E-state index contributed by atoms with van der Waals surface area (Å²) in [5.41, 5.74) is 0. The lowest BCUT2D eigenvalue weighted by Crippen LogP contribution is -2.64. The molecule has 0 amide bonds. The number of phosphoric ester groups is 1. The van der Waals surface area contributed by atoms with E-state index in [-0.39, 0.29) is 12.8 Å². The molecule has 1 aliphatic carbocycles. The molecule has 1 fully saturated rings. The molecule has 0 saturated heterocycles. The number of unbranched alkanes of at least 4 members (excludes halogenated alkanes) is 23. The fourth-order valence-electron chi connectivity index (χ4n) is 7.81. The molecule has 13 nitrogen and oxygen atoms in total. The van der Waals surface area contributed by atoms with E-state index in [1.165, 1.54) is 116 Å². The Morgan fingerprint density at radius 3 is 1.32 bits per heavy atom. The zero-order valence-corrected chi connectivity index (χ0v) is 41.9. The summed E-state index contributed by atoms with van der Waals surface area (Å²) in [6.07, 6.45) is 37.5. The zero-order chi connectivity index (χ0) is 48.5. The minimum absolute atomic E-state index is 0.0449. The van der Waals surface area contributed by atoms with Crippen molar-refractivity contribution in [3.63, 3.8) is 0 Å². The predicted molar refractivity (Wildman–Crippen MR) is 263 cm³/mol. The standard InChI is InChI=1S/C52H93O13P/c1-3-5-7-9-11-13-15-17-19-20-21-22-23-24-25-27-28-30-32-34-36-38-40-45(53)62-42-44(43-63-66(60,61)65-52-50(58)48(56)47(55)49(57)51(52)59)64-46(54)41-39-37-35-33-31-29-26-18-16-14-12-10-8-6-4-2/h6,8,12,14,18,26,31,33,44,47-52,55-59H,3-5,7,9-11,13,15-17,19-25,27-30,32,34-43H2,1-2H3,(H,60,61)/b8-6+,14-12+,26-18+,33-31+/t44-,47?,48-,49?,50?,51?,52?/m0/s1. The van der Waals surface area contributed by atoms with Crippen LogP contribution in [0.2, 0.25) is 0 Å². The van der Waals surface area contributed by atoms with E-state index < -0.39 is 75.7 Å². The van der Waals surface area contributed by atoms with Crippen molar-refractivity contribution in [2.24, 2.45) is 0 Å². The van der Waals surface area contributed by atoms with Crippen LogP contribution in [0.5, 0.6) is 0 Å². The quantitative estimate of drug-likeness (QED) is 0.0146. The molecule has 1 aliphatic rings. The first-order valence-corrected chi connectivity index (χ1v) is 27.4. The molecule has 384 valence electrons. The molecule has 6 N–H and O–H groups in total. The van der Waals surface area contributed by atoms with Crippen LogP contribution in [0, 0.1) is 0 Å². The van der Waals surface area contributed by atoms with E-state index in [1.54, 1.807) is 0 Å². The summed E-state index contributed by atoms with van der Waals surface area (Å²) in [5, 5.41) is 50.2. The van der Waals surface area contributed by atoms with Crippen molar-refractivity contribution in [2.75, 3.05) is 13.2 Å². The Labute approximate surface area is 399 Å². The zero-order valence-electron chi connectivity index (χ0n) is 41.0. The molecule has 0 heterocycles. The maximum Gasteiger partial charge on any atom is 0.472 e. The van der Waals surface area contributed by atoms with Gasteiger partial charge in [0.25, 0.3) is 0 Å². The third-order valence-electron chi connectivity index (χ3n) is 11.9. The molecule has 0 bridgehead atoms. The van der Waals surface area contributed by atoms with Gasteiger partial charge in [-0.1, -0.05) is 197 Å². The summed E-state index contributed by atoms with van der Waals surface area (Å²) in [6.45, 7) is 3.18. The van der Waals surface area contributed by atoms with Gasteiger partial charge < -0.3 is 39.9 Å². The first-order chi connectivity index (χ1) is 31.9. The van der Waals surface area contributed by atoms with Crippen LogP contribution in [0.3, 0.4) is 0 Å². The maximum atomic E-state index is 12.8. The van der Waals surface area contributed by atoms with Gasteiger partial charge in [-0.05, 0) is 51.4 Å². The fraction of sp³-hybridized carbons (Fsp3) is 0.808. The summed E-state index contributed by atoms with van der Waals surface area (Å²) in [4.78, 5) is 35.8. The molecule has 0 aromatic rings. The lowest BCUT2D eigenvalue weighted by Gasteiger charge is -2.41. The second-order valence-electron chi connectivity index (χ2n) is 18.0. The average Bonchev–Trinajstić information content (AvgIpc) is 3.30. The monoisotopic (exact) mass is 957 g/mol. The van der Waals surface area contributed by atoms with Crippen molar-refractivity contribution < 1.29 is 63.1 Å². The van der Waals surface area contributed by atoms with E-state index in [4.69, 9.17) is 18.5 Å². The van der Waals surface area contributed by atoms with Crippen molar-refractivity contribution >= 4 is 19.8 Å². The number of allylic oxidation sites excluding steroid dienone is 8. The molecule has 66 heavy (non-hydrogen) atoms. The summed E-state index contributed by atoms with van der Waals surface area (Å²) in [7, 11) is -5.13. The molecule has 1 saturated carbocycles. The van der Waals surface area contributed by atoms with Crippen LogP contribution in [-0.4, -0.2) is 98.3 Å². The van der Waals surface area contributed by atoms with E-state index in [1.807, 2.05) is 0 Å². The van der Waals surface area contributed by atoms with E-state index in [9.17, 15) is 44.6 Å². The first kappa shape index (κ1) is 61.8. The molecule has 14 heteroatoms. The highest BCUT2D eigenvalue weighted by Gasteiger charge is 2.51. The minimum atomic E-state index is -5.13. The molecule has 1 rings (SSSR count). The third kappa shape index (κ3) is 33.3. The van der Waals surface area contributed by atoms with Gasteiger partial charge in [0, 0.05) is 12.8 Å². The van der Waals surface area contributed by atoms with Crippen LogP contribution in [0.4, 0.5) is 0 Å². The van der Waals surface area contributed by atoms with Gasteiger partial charge in [0.15, 0.2) is 6.10 Å². The highest BCUT2D eigenvalue weighted by Crippen LogP contribution is 2.47. The van der Waals surface area contributed by atoms with E-state index in [2.05, 4.69) is 62.5 Å². The molecule has 8 atom stereocenters. The molecule has 0 aromatic carbocycles. The first-order valence-electron chi connectivity index (χ1n) is 25.9. The smallest absolute Gasteiger partial charge is 0.462 e. The van der Waals surface area contributed by atoms with Crippen LogP contribution < -0.4 is 0 Å². The highest BCUT2D eigenvalue weighted by molar-refractivity contribution is 7.47. The molecule has 0 radical (unpaired) electrons. The Hall–Kier alpha value is -2.19. The number of aliphatic hydroxyl groups excluding tert-OH is 5. The fourth-order valence-corrected chi connectivity index (χ4v) is 8.78. The summed E-state index contributed by atoms with van der Waals surface area (Å²) in [6, 6.07) is 0. The van der Waals surface area contributed by atoms with Gasteiger partial charge >= 0.3 is 19.8 Å². The Bertz CT molecular complexity index is 1340. The Morgan fingerprint density at radius 1 is 0.485 bits per heavy atom. The molecule has 0 aliphatic heterocycles. The van der Waals surface area contributed by atoms with Crippen LogP contribution in [0.1, 0.15) is 213 Å². The number of carbonyl (C=O) groups excluding carboxylic acids is 2. The van der Waals surface area contributed by atoms with Gasteiger partial charge in [-0.25, -0.2) is 4.57 Å². The lowest BCUT2D eigenvalue weighted by molar-refractivity contribution is -0.220. The van der Waals surface area contributed by atoms with Gasteiger partial charge in [-0.15, -0.1) is 0 Å². The SMILES string of the molecule is CC/C=C/C/C=C/C/C=C/C/C=C/CCCCC(=O)O[C@@H](COC(=O)CCCCCCCCCCCCCCCCCCCCCCCC)COP(=O)(O)OC1C(O)C(O)C(O)[C@H](O)C1O. The molecule has 0 aromatic heterocycles. The van der Waals surface area contributed by atoms with Gasteiger partial charge in [-0.2, -0.15) is 0 Å². The normalized spacial score (nSPS) is 21.6. The average molecular weight is 957 g/mol. The van der Waals surface area contributed by atoms with E-state index in [0.717, 1.165) is 57.8 Å². The number of carbonyl (C=O) groups is 2.